The van der Waals surface area contributed by atoms with Gasteiger partial charge in [-0.3, -0.25) is 14.6 Å². The molecule has 0 bridgehead atoms. The third kappa shape index (κ3) is 3.83. The Bertz CT molecular complexity index is 1290. The van der Waals surface area contributed by atoms with E-state index in [0.717, 1.165) is 5.56 Å². The number of benzene rings is 2. The highest BCUT2D eigenvalue weighted by Crippen LogP contribution is 2.42. The lowest BCUT2D eigenvalue weighted by Crippen LogP contribution is -2.29. The summed E-state index contributed by atoms with van der Waals surface area (Å²) in [7, 11) is 1.54. The monoisotopic (exact) mass is 458 g/mol. The molecule has 1 unspecified atom stereocenters. The van der Waals surface area contributed by atoms with Crippen LogP contribution in [0.15, 0.2) is 72.6 Å². The molecule has 2 aliphatic rings. The van der Waals surface area contributed by atoms with Gasteiger partial charge in [0.15, 0.2) is 11.5 Å². The molecule has 34 heavy (non-hydrogen) atoms. The summed E-state index contributed by atoms with van der Waals surface area (Å²) in [5, 5.41) is 11.3. The molecule has 0 aliphatic carbocycles. The van der Waals surface area contributed by atoms with Crippen LogP contribution in [0, 0.1) is 0 Å². The number of Topliss-reactive ketones (excluding diaryl/α,β-unsaturated/α-hetero) is 1. The highest BCUT2D eigenvalue weighted by molar-refractivity contribution is 6.46. The molecule has 5 rings (SSSR count). The van der Waals surface area contributed by atoms with E-state index < -0.39 is 17.7 Å². The van der Waals surface area contributed by atoms with Gasteiger partial charge in [-0.25, -0.2) is 0 Å². The van der Waals surface area contributed by atoms with E-state index in [1.165, 1.54) is 4.90 Å². The fraction of sp³-hybridized carbons (Fsp3) is 0.192. The molecular weight excluding hydrogens is 436 g/mol. The SMILES string of the molecule is COc1cccc(C2/C(=C(\O)c3ccc4c(c3)OCCO4)C(=O)C(=O)N2Cc2ccncc2)c1. The van der Waals surface area contributed by atoms with Gasteiger partial charge >= 0.3 is 0 Å². The smallest absolute Gasteiger partial charge is 0.295 e. The molecule has 3 aromatic rings. The Kier molecular flexibility index (Phi) is 5.63. The molecule has 1 aromatic heterocycles. The van der Waals surface area contributed by atoms with E-state index in [1.54, 1.807) is 74.1 Å². The number of carbonyl (C=O) groups is 2. The minimum absolute atomic E-state index is 0.00369. The lowest BCUT2D eigenvalue weighted by Gasteiger charge is -2.26. The highest BCUT2D eigenvalue weighted by Gasteiger charge is 2.46. The Morgan fingerprint density at radius 1 is 1.06 bits per heavy atom. The van der Waals surface area contributed by atoms with Gasteiger partial charge in [0, 0.05) is 24.5 Å². The summed E-state index contributed by atoms with van der Waals surface area (Å²) in [4.78, 5) is 31.9. The number of ketones is 1. The number of hydrogen-bond acceptors (Lipinski definition) is 7. The van der Waals surface area contributed by atoms with Crippen LogP contribution in [0.4, 0.5) is 0 Å². The Balaban J connectivity index is 1.64. The first-order valence-electron chi connectivity index (χ1n) is 10.8. The predicted molar refractivity (Wildman–Crippen MR) is 123 cm³/mol. The molecule has 1 saturated heterocycles. The third-order valence-corrected chi connectivity index (χ3v) is 5.87. The van der Waals surface area contributed by atoms with Crippen molar-refractivity contribution in [2.45, 2.75) is 12.6 Å². The summed E-state index contributed by atoms with van der Waals surface area (Å²) in [5.41, 5.74) is 1.82. The average Bonchev–Trinajstić information content (AvgIpc) is 3.13. The van der Waals surface area contributed by atoms with Crippen LogP contribution < -0.4 is 14.2 Å². The van der Waals surface area contributed by atoms with Crippen LogP contribution in [0.2, 0.25) is 0 Å². The molecular formula is C26H22N2O6. The molecule has 1 amide bonds. The first kappa shape index (κ1) is 21.5. The average molecular weight is 458 g/mol. The Morgan fingerprint density at radius 3 is 2.59 bits per heavy atom. The zero-order chi connectivity index (χ0) is 23.7. The summed E-state index contributed by atoms with van der Waals surface area (Å²) in [6.45, 7) is 0.999. The number of fused-ring (bicyclic) bond motifs is 1. The van der Waals surface area contributed by atoms with Crippen LogP contribution in [0.5, 0.6) is 17.2 Å². The van der Waals surface area contributed by atoms with Crippen LogP contribution in [0.3, 0.4) is 0 Å². The number of hydrogen-bond donors (Lipinski definition) is 1. The maximum atomic E-state index is 13.2. The van der Waals surface area contributed by atoms with Gasteiger partial charge in [-0.2, -0.15) is 0 Å². The van der Waals surface area contributed by atoms with Gasteiger partial charge in [-0.15, -0.1) is 0 Å². The molecule has 8 heteroatoms. The topological polar surface area (TPSA) is 98.2 Å². The number of aliphatic hydroxyl groups excluding tert-OH is 1. The number of nitrogens with zero attached hydrogens (tertiary/aromatic N) is 2. The van der Waals surface area contributed by atoms with E-state index in [-0.39, 0.29) is 17.9 Å². The molecule has 1 fully saturated rings. The van der Waals surface area contributed by atoms with Crippen LogP contribution >= 0.6 is 0 Å². The van der Waals surface area contributed by atoms with E-state index in [4.69, 9.17) is 14.2 Å². The number of rotatable bonds is 5. The zero-order valence-corrected chi connectivity index (χ0v) is 18.4. The van der Waals surface area contributed by atoms with E-state index in [1.807, 2.05) is 0 Å². The maximum Gasteiger partial charge on any atom is 0.295 e. The molecule has 2 aromatic carbocycles. The fourth-order valence-electron chi connectivity index (χ4n) is 4.23. The fourth-order valence-corrected chi connectivity index (χ4v) is 4.23. The van der Waals surface area contributed by atoms with Crippen molar-refractivity contribution in [2.24, 2.45) is 0 Å². The highest BCUT2D eigenvalue weighted by atomic mass is 16.6. The van der Waals surface area contributed by atoms with Crippen molar-refractivity contribution < 1.29 is 28.9 Å². The quantitative estimate of drug-likeness (QED) is 0.355. The van der Waals surface area contributed by atoms with Crippen LogP contribution in [0.1, 0.15) is 22.7 Å². The second-order valence-electron chi connectivity index (χ2n) is 7.92. The van der Waals surface area contributed by atoms with Gasteiger partial charge in [0.05, 0.1) is 18.7 Å². The van der Waals surface area contributed by atoms with E-state index >= 15 is 0 Å². The van der Waals surface area contributed by atoms with Crippen molar-refractivity contribution in [1.82, 2.24) is 9.88 Å². The lowest BCUT2D eigenvalue weighted by molar-refractivity contribution is -0.140. The largest absolute Gasteiger partial charge is 0.507 e. The molecule has 1 N–H and O–H groups in total. The normalized spacial score (nSPS) is 18.7. The molecule has 0 spiro atoms. The predicted octanol–water partition coefficient (Wildman–Crippen LogP) is 3.48. The molecule has 0 saturated carbocycles. The molecule has 2 aliphatic heterocycles. The summed E-state index contributed by atoms with van der Waals surface area (Å²) < 4.78 is 16.5. The lowest BCUT2D eigenvalue weighted by atomic mass is 9.95. The van der Waals surface area contributed by atoms with Crippen LogP contribution in [0.25, 0.3) is 5.76 Å². The summed E-state index contributed by atoms with van der Waals surface area (Å²) in [5.74, 6) is -0.116. The number of carbonyl (C=O) groups excluding carboxylic acids is 2. The number of likely N-dealkylation sites (tertiary alicyclic amines) is 1. The summed E-state index contributed by atoms with van der Waals surface area (Å²) in [6.07, 6.45) is 3.25. The van der Waals surface area contributed by atoms with Crippen LogP contribution in [-0.4, -0.2) is 47.0 Å². The number of ether oxygens (including phenoxy) is 3. The second-order valence-corrected chi connectivity index (χ2v) is 7.92. The standard InChI is InChI=1S/C26H22N2O6/c1-32-19-4-2-3-17(13-19)23-22(24(29)18-5-6-20-21(14-18)34-12-11-33-20)25(30)26(31)28(23)15-16-7-9-27-10-8-16/h2-10,13-14,23,29H,11-12,15H2,1H3/b24-22+. The van der Waals surface area contributed by atoms with Crippen molar-refractivity contribution in [3.63, 3.8) is 0 Å². The summed E-state index contributed by atoms with van der Waals surface area (Å²) in [6, 6.07) is 14.8. The minimum atomic E-state index is -0.809. The van der Waals surface area contributed by atoms with Gasteiger partial charge in [0.25, 0.3) is 11.7 Å². The van der Waals surface area contributed by atoms with Gasteiger partial charge in [-0.05, 0) is 53.6 Å². The first-order valence-corrected chi connectivity index (χ1v) is 10.8. The van der Waals surface area contributed by atoms with Crippen molar-refractivity contribution >= 4 is 17.4 Å². The van der Waals surface area contributed by atoms with Crippen molar-refractivity contribution in [3.8, 4) is 17.2 Å². The van der Waals surface area contributed by atoms with Crippen molar-refractivity contribution in [2.75, 3.05) is 20.3 Å². The van der Waals surface area contributed by atoms with Gasteiger partial charge in [0.2, 0.25) is 0 Å². The minimum Gasteiger partial charge on any atom is -0.507 e. The van der Waals surface area contributed by atoms with Crippen LogP contribution in [-0.2, 0) is 16.1 Å². The number of pyridine rings is 1. The van der Waals surface area contributed by atoms with Crippen molar-refractivity contribution in [3.05, 3.63) is 89.3 Å². The Labute approximate surface area is 196 Å². The number of aromatic nitrogens is 1. The Hall–Kier alpha value is -4.33. The molecule has 0 radical (unpaired) electrons. The third-order valence-electron chi connectivity index (χ3n) is 5.87. The number of amides is 1. The van der Waals surface area contributed by atoms with E-state index in [0.29, 0.717) is 41.6 Å². The molecule has 3 heterocycles. The number of aliphatic hydroxyl groups is 1. The van der Waals surface area contributed by atoms with Crippen molar-refractivity contribution in [1.29, 1.82) is 0 Å². The first-order chi connectivity index (χ1) is 16.6. The van der Waals surface area contributed by atoms with Gasteiger partial charge in [0.1, 0.15) is 24.7 Å². The molecule has 8 nitrogen and oxygen atoms in total. The Morgan fingerprint density at radius 2 is 1.82 bits per heavy atom. The van der Waals surface area contributed by atoms with E-state index in [9.17, 15) is 14.7 Å². The molecule has 172 valence electrons. The van der Waals surface area contributed by atoms with Gasteiger partial charge < -0.3 is 24.2 Å². The number of methoxy groups -OCH3 is 1. The van der Waals surface area contributed by atoms with E-state index in [2.05, 4.69) is 4.98 Å². The zero-order valence-electron chi connectivity index (χ0n) is 18.4. The van der Waals surface area contributed by atoms with Gasteiger partial charge in [-0.1, -0.05) is 12.1 Å². The second kappa shape index (κ2) is 8.90. The molecule has 1 atom stereocenters. The summed E-state index contributed by atoms with van der Waals surface area (Å²) >= 11 is 0. The maximum absolute atomic E-state index is 13.2.